The summed E-state index contributed by atoms with van der Waals surface area (Å²) in [6.45, 7) is 9.05. The molecular weight excluding hydrogens is 370 g/mol. The van der Waals surface area contributed by atoms with E-state index in [4.69, 9.17) is 9.47 Å². The van der Waals surface area contributed by atoms with E-state index >= 15 is 0 Å². The standard InChI is InChI=1S/C23H29NO5/c1-14-15(2)29-20(12-9-17-7-10-19(11-8-17)24-16(3)25)23(4,21(14)26)22(27)28-13-18-5-6-18/h7-8,10-11,15,18,20H,1,5-6,9,12-13H2,2-4H3,(H,24,25). The van der Waals surface area contributed by atoms with E-state index < -0.39 is 23.6 Å². The molecule has 1 aromatic rings. The van der Waals surface area contributed by atoms with E-state index in [-0.39, 0.29) is 11.7 Å². The number of hydrogen-bond acceptors (Lipinski definition) is 5. The number of nitrogens with one attached hydrogen (secondary N) is 1. The summed E-state index contributed by atoms with van der Waals surface area (Å²) in [5.74, 6) is -0.511. The van der Waals surface area contributed by atoms with Crippen LogP contribution in [0.2, 0.25) is 0 Å². The number of ketones is 1. The number of benzene rings is 1. The number of carbonyl (C=O) groups excluding carboxylic acids is 3. The average Bonchev–Trinajstić information content (AvgIpc) is 3.51. The number of amides is 1. The van der Waals surface area contributed by atoms with Gasteiger partial charge in [-0.15, -0.1) is 0 Å². The van der Waals surface area contributed by atoms with Crippen molar-refractivity contribution in [2.45, 2.75) is 58.7 Å². The van der Waals surface area contributed by atoms with Crippen molar-refractivity contribution >= 4 is 23.3 Å². The maximum atomic E-state index is 13.0. The summed E-state index contributed by atoms with van der Waals surface area (Å²) < 4.78 is 11.5. The van der Waals surface area contributed by atoms with Crippen LogP contribution in [0.4, 0.5) is 5.69 Å². The molecular formula is C23H29NO5. The first kappa shape index (κ1) is 21.2. The molecule has 0 radical (unpaired) electrons. The number of esters is 1. The van der Waals surface area contributed by atoms with Gasteiger partial charge in [0, 0.05) is 18.2 Å². The third-order valence-corrected chi connectivity index (χ3v) is 5.81. The second kappa shape index (κ2) is 8.49. The molecule has 1 N–H and O–H groups in total. The second-order valence-electron chi connectivity index (χ2n) is 8.28. The SMILES string of the molecule is C=C1C(=O)C(C)(C(=O)OCC2CC2)C(CCc2ccc(NC(C)=O)cc2)OC1C. The van der Waals surface area contributed by atoms with Crippen molar-refractivity contribution in [1.29, 1.82) is 0 Å². The van der Waals surface area contributed by atoms with Gasteiger partial charge in [-0.05, 0) is 63.1 Å². The number of hydrogen-bond donors (Lipinski definition) is 1. The number of ether oxygens (including phenoxy) is 2. The van der Waals surface area contributed by atoms with Crippen LogP contribution >= 0.6 is 0 Å². The minimum Gasteiger partial charge on any atom is -0.465 e. The summed E-state index contributed by atoms with van der Waals surface area (Å²) in [6, 6.07) is 7.50. The van der Waals surface area contributed by atoms with Gasteiger partial charge < -0.3 is 14.8 Å². The largest absolute Gasteiger partial charge is 0.465 e. The minimum absolute atomic E-state index is 0.124. The molecule has 6 nitrogen and oxygen atoms in total. The van der Waals surface area contributed by atoms with Crippen LogP contribution in [-0.4, -0.2) is 36.5 Å². The average molecular weight is 399 g/mol. The molecule has 0 aromatic heterocycles. The zero-order valence-corrected chi connectivity index (χ0v) is 17.3. The molecule has 3 rings (SSSR count). The lowest BCUT2D eigenvalue weighted by Gasteiger charge is -2.41. The molecule has 1 aromatic carbocycles. The lowest BCUT2D eigenvalue weighted by molar-refractivity contribution is -0.177. The van der Waals surface area contributed by atoms with E-state index in [1.807, 2.05) is 24.3 Å². The molecule has 2 fully saturated rings. The molecule has 1 heterocycles. The highest BCUT2D eigenvalue weighted by molar-refractivity contribution is 6.13. The summed E-state index contributed by atoms with van der Waals surface area (Å²) in [7, 11) is 0. The first-order valence-corrected chi connectivity index (χ1v) is 10.1. The van der Waals surface area contributed by atoms with Gasteiger partial charge in [-0.25, -0.2) is 0 Å². The third kappa shape index (κ3) is 4.75. The summed E-state index contributed by atoms with van der Waals surface area (Å²) in [5, 5.41) is 2.73. The maximum absolute atomic E-state index is 13.0. The molecule has 1 saturated heterocycles. The molecule has 0 bridgehead atoms. The van der Waals surface area contributed by atoms with Crippen LogP contribution in [-0.2, 0) is 30.3 Å². The zero-order valence-electron chi connectivity index (χ0n) is 17.3. The van der Waals surface area contributed by atoms with E-state index in [0.29, 0.717) is 30.9 Å². The summed E-state index contributed by atoms with van der Waals surface area (Å²) in [6.07, 6.45) is 2.24. The maximum Gasteiger partial charge on any atom is 0.322 e. The normalized spacial score (nSPS) is 26.9. The van der Waals surface area contributed by atoms with Crippen molar-refractivity contribution < 1.29 is 23.9 Å². The van der Waals surface area contributed by atoms with Crippen molar-refractivity contribution in [3.63, 3.8) is 0 Å². The van der Waals surface area contributed by atoms with Gasteiger partial charge in [0.2, 0.25) is 5.91 Å². The highest BCUT2D eigenvalue weighted by atomic mass is 16.5. The Morgan fingerprint density at radius 2 is 1.93 bits per heavy atom. The molecule has 3 unspecified atom stereocenters. The van der Waals surface area contributed by atoms with Gasteiger partial charge in [0.25, 0.3) is 0 Å². The van der Waals surface area contributed by atoms with Crippen molar-refractivity contribution in [2.24, 2.45) is 11.3 Å². The zero-order chi connectivity index (χ0) is 21.2. The van der Waals surface area contributed by atoms with Gasteiger partial charge in [-0.1, -0.05) is 18.7 Å². The van der Waals surface area contributed by atoms with Crippen LogP contribution in [0.15, 0.2) is 36.4 Å². The topological polar surface area (TPSA) is 81.7 Å². The quantitative estimate of drug-likeness (QED) is 0.431. The number of Topliss-reactive ketones (excluding diaryl/α,β-unsaturated/α-hetero) is 1. The van der Waals surface area contributed by atoms with E-state index in [1.54, 1.807) is 13.8 Å². The lowest BCUT2D eigenvalue weighted by atomic mass is 9.72. The molecule has 1 aliphatic carbocycles. The molecule has 1 aliphatic heterocycles. The minimum atomic E-state index is -1.38. The summed E-state index contributed by atoms with van der Waals surface area (Å²) >= 11 is 0. The van der Waals surface area contributed by atoms with E-state index in [1.165, 1.54) is 6.92 Å². The number of rotatable bonds is 7. The molecule has 156 valence electrons. The summed E-state index contributed by atoms with van der Waals surface area (Å²) in [5.41, 5.74) is 0.686. The Bertz CT molecular complexity index is 811. The first-order valence-electron chi connectivity index (χ1n) is 10.1. The van der Waals surface area contributed by atoms with Crippen molar-refractivity contribution in [1.82, 2.24) is 0 Å². The Morgan fingerprint density at radius 3 is 2.52 bits per heavy atom. The fourth-order valence-corrected chi connectivity index (χ4v) is 3.59. The summed E-state index contributed by atoms with van der Waals surface area (Å²) in [4.78, 5) is 37.0. The molecule has 1 saturated carbocycles. The second-order valence-corrected chi connectivity index (χ2v) is 8.28. The van der Waals surface area contributed by atoms with Crippen molar-refractivity contribution in [3.8, 4) is 0 Å². The van der Waals surface area contributed by atoms with Gasteiger partial charge in [0.15, 0.2) is 11.2 Å². The molecule has 2 aliphatic rings. The van der Waals surface area contributed by atoms with Gasteiger partial charge in [-0.3, -0.25) is 14.4 Å². The fourth-order valence-electron chi connectivity index (χ4n) is 3.59. The Kier molecular flexibility index (Phi) is 6.22. The Hall–Kier alpha value is -2.47. The molecule has 6 heteroatoms. The van der Waals surface area contributed by atoms with Crippen LogP contribution < -0.4 is 5.32 Å². The Labute approximate surface area is 171 Å². The van der Waals surface area contributed by atoms with Gasteiger partial charge in [-0.2, -0.15) is 0 Å². The van der Waals surface area contributed by atoms with E-state index in [0.717, 1.165) is 24.1 Å². The number of carbonyl (C=O) groups is 3. The Balaban J connectivity index is 1.71. The highest BCUT2D eigenvalue weighted by Crippen LogP contribution is 2.40. The first-order chi connectivity index (χ1) is 13.7. The number of aryl methyl sites for hydroxylation is 1. The van der Waals surface area contributed by atoms with Crippen LogP contribution in [0.3, 0.4) is 0 Å². The lowest BCUT2D eigenvalue weighted by Crippen LogP contribution is -2.55. The number of anilines is 1. The van der Waals surface area contributed by atoms with Crippen molar-refractivity contribution in [2.75, 3.05) is 11.9 Å². The molecule has 0 spiro atoms. The van der Waals surface area contributed by atoms with Crippen LogP contribution in [0.25, 0.3) is 0 Å². The van der Waals surface area contributed by atoms with Crippen LogP contribution in [0.5, 0.6) is 0 Å². The molecule has 1 amide bonds. The molecule has 3 atom stereocenters. The molecule has 29 heavy (non-hydrogen) atoms. The third-order valence-electron chi connectivity index (χ3n) is 5.81. The smallest absolute Gasteiger partial charge is 0.322 e. The van der Waals surface area contributed by atoms with E-state index in [2.05, 4.69) is 11.9 Å². The van der Waals surface area contributed by atoms with Crippen LogP contribution in [0, 0.1) is 11.3 Å². The van der Waals surface area contributed by atoms with E-state index in [9.17, 15) is 14.4 Å². The van der Waals surface area contributed by atoms with Gasteiger partial charge >= 0.3 is 5.97 Å². The van der Waals surface area contributed by atoms with Gasteiger partial charge in [0.05, 0.1) is 18.8 Å². The van der Waals surface area contributed by atoms with Gasteiger partial charge in [0.1, 0.15) is 0 Å². The van der Waals surface area contributed by atoms with Crippen molar-refractivity contribution in [3.05, 3.63) is 42.0 Å². The van der Waals surface area contributed by atoms with Crippen LogP contribution in [0.1, 0.15) is 45.6 Å². The Morgan fingerprint density at radius 1 is 1.28 bits per heavy atom. The monoisotopic (exact) mass is 399 g/mol. The predicted molar refractivity (Wildman–Crippen MR) is 109 cm³/mol. The predicted octanol–water partition coefficient (Wildman–Crippen LogP) is 3.45. The fraction of sp³-hybridized carbons (Fsp3) is 0.522. The highest BCUT2D eigenvalue weighted by Gasteiger charge is 2.55.